The van der Waals surface area contributed by atoms with Gasteiger partial charge in [-0.1, -0.05) is 76.6 Å². The Kier molecular flexibility index (Phi) is 5.53. The number of likely N-dealkylation sites (tertiary alicyclic amines) is 1. The normalized spacial score (nSPS) is 23.2. The second-order valence-corrected chi connectivity index (χ2v) is 7.02. The molecule has 4 nitrogen and oxygen atoms in total. The molecule has 0 bridgehead atoms. The van der Waals surface area contributed by atoms with Crippen molar-refractivity contribution in [2.75, 3.05) is 6.54 Å². The van der Waals surface area contributed by atoms with E-state index in [4.69, 9.17) is 4.74 Å². The van der Waals surface area contributed by atoms with E-state index in [1.807, 2.05) is 60.7 Å². The van der Waals surface area contributed by atoms with Gasteiger partial charge in [-0.15, -0.1) is 0 Å². The molecule has 5 heteroatoms. The molecule has 126 valence electrons. The monoisotopic (exact) mass is 389 g/mol. The summed E-state index contributed by atoms with van der Waals surface area (Å²) >= 11 is 3.53. The quantitative estimate of drug-likeness (QED) is 0.815. The molecular weight excluding hydrogens is 370 g/mol. The second kappa shape index (κ2) is 7.81. The van der Waals surface area contributed by atoms with Crippen LogP contribution in [-0.2, 0) is 17.8 Å². The highest BCUT2D eigenvalue weighted by molar-refractivity contribution is 9.09. The van der Waals surface area contributed by atoms with Crippen LogP contribution < -0.4 is 0 Å². The van der Waals surface area contributed by atoms with Crippen molar-refractivity contribution in [3.05, 3.63) is 71.8 Å². The first-order valence-corrected chi connectivity index (χ1v) is 8.90. The fourth-order valence-electron chi connectivity index (χ4n) is 2.96. The largest absolute Gasteiger partial charge is 0.445 e. The van der Waals surface area contributed by atoms with E-state index in [-0.39, 0.29) is 30.1 Å². The molecule has 24 heavy (non-hydrogen) atoms. The maximum Gasteiger partial charge on any atom is 0.410 e. The first kappa shape index (κ1) is 17.0. The molecule has 3 atom stereocenters. The van der Waals surface area contributed by atoms with Gasteiger partial charge < -0.3 is 14.7 Å². The van der Waals surface area contributed by atoms with E-state index in [1.54, 1.807) is 4.90 Å². The summed E-state index contributed by atoms with van der Waals surface area (Å²) < 4.78 is 5.43. The number of ether oxygens (including phenoxy) is 1. The molecule has 3 rings (SSSR count). The average Bonchev–Trinajstić information content (AvgIpc) is 2.90. The Morgan fingerprint density at radius 2 is 1.67 bits per heavy atom. The molecule has 0 radical (unpaired) electrons. The Labute approximate surface area is 150 Å². The van der Waals surface area contributed by atoms with Gasteiger partial charge in [-0.2, -0.15) is 0 Å². The molecule has 0 saturated carbocycles. The summed E-state index contributed by atoms with van der Waals surface area (Å²) in [5.74, 6) is 0. The molecule has 1 N–H and O–H groups in total. The second-order valence-electron chi connectivity index (χ2n) is 5.96. The standard InChI is InChI=1S/C19H20BrNO3/c20-18-16(11-14-7-3-1-4-8-14)21(12-17(18)22)19(23)24-13-15-9-5-2-6-10-15/h1-10,16-18,22H,11-13H2. The van der Waals surface area contributed by atoms with E-state index in [1.165, 1.54) is 0 Å². The summed E-state index contributed by atoms with van der Waals surface area (Å²) in [6, 6.07) is 19.4. The van der Waals surface area contributed by atoms with Gasteiger partial charge in [-0.3, -0.25) is 0 Å². The molecule has 0 aliphatic carbocycles. The van der Waals surface area contributed by atoms with Crippen LogP contribution in [-0.4, -0.2) is 39.6 Å². The van der Waals surface area contributed by atoms with Crippen molar-refractivity contribution < 1.29 is 14.6 Å². The maximum absolute atomic E-state index is 12.5. The molecule has 1 heterocycles. The van der Waals surface area contributed by atoms with Gasteiger partial charge in [0.1, 0.15) is 6.61 Å². The Hall–Kier alpha value is -1.85. The molecule has 1 fully saturated rings. The highest BCUT2D eigenvalue weighted by atomic mass is 79.9. The molecule has 1 aliphatic heterocycles. The number of hydrogen-bond acceptors (Lipinski definition) is 3. The van der Waals surface area contributed by atoms with Crippen molar-refractivity contribution in [3.8, 4) is 0 Å². The highest BCUT2D eigenvalue weighted by Crippen LogP contribution is 2.28. The fraction of sp³-hybridized carbons (Fsp3) is 0.316. The topological polar surface area (TPSA) is 49.8 Å². The molecule has 3 unspecified atom stereocenters. The number of carbonyl (C=O) groups excluding carboxylic acids is 1. The summed E-state index contributed by atoms with van der Waals surface area (Å²) in [7, 11) is 0. The van der Waals surface area contributed by atoms with Crippen LogP contribution >= 0.6 is 15.9 Å². The third-order valence-electron chi connectivity index (χ3n) is 4.25. The van der Waals surface area contributed by atoms with Gasteiger partial charge in [-0.05, 0) is 17.5 Å². The van der Waals surface area contributed by atoms with Gasteiger partial charge in [0.25, 0.3) is 0 Å². The van der Waals surface area contributed by atoms with Crippen LogP contribution in [0, 0.1) is 0 Å². The maximum atomic E-state index is 12.5. The van der Waals surface area contributed by atoms with Crippen molar-refractivity contribution in [1.29, 1.82) is 0 Å². The minimum absolute atomic E-state index is 0.134. The third kappa shape index (κ3) is 3.97. The lowest BCUT2D eigenvalue weighted by molar-refractivity contribution is 0.0877. The van der Waals surface area contributed by atoms with Crippen LogP contribution in [0.15, 0.2) is 60.7 Å². The SMILES string of the molecule is O=C(OCc1ccccc1)N1CC(O)C(Br)C1Cc1ccccc1. The van der Waals surface area contributed by atoms with E-state index in [9.17, 15) is 9.90 Å². The molecule has 0 spiro atoms. The summed E-state index contributed by atoms with van der Waals surface area (Å²) in [4.78, 5) is 13.9. The zero-order valence-electron chi connectivity index (χ0n) is 13.2. The molecule has 1 amide bonds. The first-order valence-electron chi connectivity index (χ1n) is 7.98. The van der Waals surface area contributed by atoms with E-state index >= 15 is 0 Å². The number of benzene rings is 2. The Balaban J connectivity index is 1.66. The van der Waals surface area contributed by atoms with Gasteiger partial charge in [0.05, 0.1) is 23.5 Å². The van der Waals surface area contributed by atoms with Crippen molar-refractivity contribution in [2.24, 2.45) is 0 Å². The number of aliphatic hydroxyl groups is 1. The Morgan fingerprint density at radius 3 is 2.29 bits per heavy atom. The number of aliphatic hydroxyl groups excluding tert-OH is 1. The van der Waals surface area contributed by atoms with Crippen molar-refractivity contribution in [3.63, 3.8) is 0 Å². The van der Waals surface area contributed by atoms with Crippen molar-refractivity contribution in [1.82, 2.24) is 4.90 Å². The summed E-state index contributed by atoms with van der Waals surface area (Å²) in [6.45, 7) is 0.512. The molecule has 0 aromatic heterocycles. The predicted molar refractivity (Wildman–Crippen MR) is 96.0 cm³/mol. The van der Waals surface area contributed by atoms with Crippen LogP contribution in [0.5, 0.6) is 0 Å². The smallest absolute Gasteiger partial charge is 0.410 e. The average molecular weight is 390 g/mol. The van der Waals surface area contributed by atoms with Crippen molar-refractivity contribution >= 4 is 22.0 Å². The number of hydrogen-bond donors (Lipinski definition) is 1. The Morgan fingerprint density at radius 1 is 1.08 bits per heavy atom. The zero-order valence-corrected chi connectivity index (χ0v) is 14.8. The van der Waals surface area contributed by atoms with Gasteiger partial charge >= 0.3 is 6.09 Å². The lowest BCUT2D eigenvalue weighted by atomic mass is 10.0. The van der Waals surface area contributed by atoms with Crippen molar-refractivity contribution in [2.45, 2.75) is 30.0 Å². The fourth-order valence-corrected chi connectivity index (χ4v) is 3.60. The van der Waals surface area contributed by atoms with Crippen LogP contribution in [0.25, 0.3) is 0 Å². The summed E-state index contributed by atoms with van der Waals surface area (Å²) in [6.07, 6.45) is -0.308. The number of nitrogens with zero attached hydrogens (tertiary/aromatic N) is 1. The van der Waals surface area contributed by atoms with Crippen LogP contribution in [0.2, 0.25) is 0 Å². The molecule has 1 aliphatic rings. The lowest BCUT2D eigenvalue weighted by Crippen LogP contribution is -2.40. The summed E-state index contributed by atoms with van der Waals surface area (Å²) in [5, 5.41) is 10.2. The van der Waals surface area contributed by atoms with E-state index in [2.05, 4.69) is 15.9 Å². The van der Waals surface area contributed by atoms with Gasteiger partial charge in [-0.25, -0.2) is 4.79 Å². The van der Waals surface area contributed by atoms with Gasteiger partial charge in [0.2, 0.25) is 0 Å². The van der Waals surface area contributed by atoms with Crippen LogP contribution in [0.4, 0.5) is 4.79 Å². The lowest BCUT2D eigenvalue weighted by Gasteiger charge is -2.25. The number of alkyl halides is 1. The highest BCUT2D eigenvalue weighted by Gasteiger charge is 2.42. The number of halogens is 1. The molecule has 1 saturated heterocycles. The van der Waals surface area contributed by atoms with E-state index in [0.717, 1.165) is 11.1 Å². The number of rotatable bonds is 4. The van der Waals surface area contributed by atoms with E-state index < -0.39 is 6.10 Å². The van der Waals surface area contributed by atoms with E-state index in [0.29, 0.717) is 6.42 Å². The minimum Gasteiger partial charge on any atom is -0.445 e. The van der Waals surface area contributed by atoms with Gasteiger partial charge in [0.15, 0.2) is 0 Å². The molecule has 2 aromatic rings. The van der Waals surface area contributed by atoms with Gasteiger partial charge in [0, 0.05) is 0 Å². The predicted octanol–water partition coefficient (Wildman–Crippen LogP) is 3.37. The number of carbonyl (C=O) groups is 1. The van der Waals surface area contributed by atoms with Crippen LogP contribution in [0.3, 0.4) is 0 Å². The summed E-state index contributed by atoms with van der Waals surface area (Å²) in [5.41, 5.74) is 2.07. The number of β-amino-alcohol motifs (C(OH)–C–C–N with tert-alkyl or cyclic N) is 1. The molecule has 2 aromatic carbocycles. The number of amides is 1. The Bertz CT molecular complexity index is 665. The molecular formula is C19H20BrNO3. The first-order chi connectivity index (χ1) is 11.6. The third-order valence-corrected chi connectivity index (χ3v) is 5.47. The zero-order chi connectivity index (χ0) is 16.9. The minimum atomic E-state index is -0.594. The van der Waals surface area contributed by atoms with Crippen LogP contribution in [0.1, 0.15) is 11.1 Å².